The summed E-state index contributed by atoms with van der Waals surface area (Å²) in [5.41, 5.74) is 6.18. The Morgan fingerprint density at radius 1 is 1.03 bits per heavy atom. The molecule has 1 fully saturated rings. The molecule has 1 amide bonds. The number of nitrogens with one attached hydrogen (secondary N) is 1. The van der Waals surface area contributed by atoms with E-state index >= 15 is 0 Å². The molecule has 194 valence electrons. The predicted octanol–water partition coefficient (Wildman–Crippen LogP) is 6.32. The van der Waals surface area contributed by atoms with E-state index in [9.17, 15) is 4.79 Å². The fraction of sp³-hybridized carbons (Fsp3) is 0.276. The molecule has 9 heteroatoms. The molecule has 7 nitrogen and oxygen atoms in total. The van der Waals surface area contributed by atoms with E-state index in [-0.39, 0.29) is 5.91 Å². The van der Waals surface area contributed by atoms with Crippen molar-refractivity contribution in [2.24, 2.45) is 0 Å². The van der Waals surface area contributed by atoms with Gasteiger partial charge < -0.3 is 9.47 Å². The van der Waals surface area contributed by atoms with Crippen LogP contribution >= 0.6 is 22.7 Å². The smallest absolute Gasteiger partial charge is 0.261 e. The van der Waals surface area contributed by atoms with E-state index < -0.39 is 0 Å². The number of hydrogen-bond acceptors (Lipinski definition) is 8. The summed E-state index contributed by atoms with van der Waals surface area (Å²) in [4.78, 5) is 24.9. The summed E-state index contributed by atoms with van der Waals surface area (Å²) in [6.45, 7) is 5.18. The minimum absolute atomic E-state index is 0.235. The molecule has 6 rings (SSSR count). The zero-order valence-electron chi connectivity index (χ0n) is 20.9. The minimum Gasteiger partial charge on any atom is -0.493 e. The number of hydrogen-bond donors (Lipinski definition) is 1. The van der Waals surface area contributed by atoms with E-state index in [4.69, 9.17) is 9.47 Å². The number of fused-ring (bicyclic) bond motifs is 3. The Balaban J connectivity index is 1.19. The van der Waals surface area contributed by atoms with Crippen LogP contribution in [-0.4, -0.2) is 60.2 Å². The van der Waals surface area contributed by atoms with Crippen LogP contribution in [0.1, 0.15) is 23.2 Å². The molecule has 2 aromatic heterocycles. The summed E-state index contributed by atoms with van der Waals surface area (Å²) in [6.07, 6.45) is 1.95. The van der Waals surface area contributed by atoms with Crippen LogP contribution in [-0.2, 0) is 4.74 Å². The third kappa shape index (κ3) is 5.56. The van der Waals surface area contributed by atoms with Gasteiger partial charge >= 0.3 is 0 Å². The number of benzene rings is 3. The first-order valence-electron chi connectivity index (χ1n) is 12.8. The molecule has 0 atom stereocenters. The second-order valence-electron chi connectivity index (χ2n) is 9.17. The number of amides is 1. The summed E-state index contributed by atoms with van der Waals surface area (Å²) in [7, 11) is 0. The number of carbonyl (C=O) groups is 1. The summed E-state index contributed by atoms with van der Waals surface area (Å²) in [6, 6.07) is 19.9. The largest absolute Gasteiger partial charge is 0.493 e. The molecule has 3 aromatic carbocycles. The zero-order chi connectivity index (χ0) is 25.7. The second-order valence-corrected chi connectivity index (χ2v) is 11.1. The van der Waals surface area contributed by atoms with Crippen molar-refractivity contribution in [2.45, 2.75) is 12.8 Å². The molecule has 1 saturated heterocycles. The highest BCUT2D eigenvalue weighted by Crippen LogP contribution is 2.34. The normalized spacial score (nSPS) is 14.2. The number of morpholine rings is 1. The predicted molar refractivity (Wildman–Crippen MR) is 155 cm³/mol. The van der Waals surface area contributed by atoms with E-state index in [0.717, 1.165) is 77.2 Å². The number of thiazole rings is 2. The first-order valence-corrected chi connectivity index (χ1v) is 14.5. The van der Waals surface area contributed by atoms with Crippen LogP contribution in [0.3, 0.4) is 0 Å². The molecule has 1 aliphatic heterocycles. The quantitative estimate of drug-likeness (QED) is 0.219. The van der Waals surface area contributed by atoms with E-state index in [1.807, 2.05) is 54.0 Å². The Kier molecular flexibility index (Phi) is 7.59. The molecule has 0 bridgehead atoms. The van der Waals surface area contributed by atoms with Crippen molar-refractivity contribution < 1.29 is 14.3 Å². The molecule has 3 heterocycles. The van der Waals surface area contributed by atoms with Gasteiger partial charge in [0.2, 0.25) is 0 Å². The Labute approximate surface area is 229 Å². The van der Waals surface area contributed by atoms with Crippen LogP contribution in [0.2, 0.25) is 0 Å². The number of nitrogens with zero attached hydrogens (tertiary/aromatic N) is 3. The van der Waals surface area contributed by atoms with Crippen LogP contribution in [0, 0.1) is 0 Å². The van der Waals surface area contributed by atoms with Crippen molar-refractivity contribution in [1.82, 2.24) is 14.9 Å². The van der Waals surface area contributed by atoms with E-state index in [1.54, 1.807) is 11.3 Å². The molecule has 0 saturated carbocycles. The Morgan fingerprint density at radius 2 is 1.89 bits per heavy atom. The van der Waals surface area contributed by atoms with E-state index in [2.05, 4.69) is 32.3 Å². The lowest BCUT2D eigenvalue weighted by Gasteiger charge is -2.26. The van der Waals surface area contributed by atoms with Crippen molar-refractivity contribution in [1.29, 1.82) is 0 Å². The van der Waals surface area contributed by atoms with Crippen LogP contribution in [0.4, 0.5) is 5.13 Å². The highest BCUT2D eigenvalue weighted by molar-refractivity contribution is 7.24. The Bertz CT molecular complexity index is 1540. The fourth-order valence-corrected chi connectivity index (χ4v) is 6.32. The molecule has 1 aliphatic rings. The van der Waals surface area contributed by atoms with E-state index in [1.165, 1.54) is 11.3 Å². The van der Waals surface area contributed by atoms with Gasteiger partial charge in [-0.2, -0.15) is 0 Å². The SMILES string of the molecule is O=C(Nc1nc2ccc3scnc3c2s1)c1ccc(-c2ccccc2)cc1OCCCCN1CCOCC1. The van der Waals surface area contributed by atoms with E-state index in [0.29, 0.717) is 23.1 Å². The van der Waals surface area contributed by atoms with Gasteiger partial charge in [0.05, 0.1) is 45.8 Å². The van der Waals surface area contributed by atoms with Gasteiger partial charge in [0.25, 0.3) is 5.91 Å². The summed E-state index contributed by atoms with van der Waals surface area (Å²) in [5.74, 6) is 0.347. The molecule has 38 heavy (non-hydrogen) atoms. The van der Waals surface area contributed by atoms with Gasteiger partial charge in [-0.15, -0.1) is 11.3 Å². The van der Waals surface area contributed by atoms with Crippen molar-refractivity contribution in [3.63, 3.8) is 0 Å². The van der Waals surface area contributed by atoms with Gasteiger partial charge in [0, 0.05) is 13.1 Å². The van der Waals surface area contributed by atoms with Crippen molar-refractivity contribution in [3.05, 3.63) is 71.7 Å². The zero-order valence-corrected chi connectivity index (χ0v) is 22.5. The number of carbonyl (C=O) groups excluding carboxylic acids is 1. The standard InChI is InChI=1S/C29H28N4O3S2/c34-28(32-29-31-23-10-11-25-26(27(23)38-29)30-19-37-25)22-9-8-21(20-6-2-1-3-7-20)18-24(22)36-15-5-4-12-33-13-16-35-17-14-33/h1-3,6-11,18-19H,4-5,12-17H2,(H,31,32,34). The van der Waals surface area contributed by atoms with Gasteiger partial charge in [-0.25, -0.2) is 9.97 Å². The van der Waals surface area contributed by atoms with Gasteiger partial charge in [0.1, 0.15) is 11.3 Å². The molecule has 0 spiro atoms. The summed E-state index contributed by atoms with van der Waals surface area (Å²) in [5, 5.41) is 3.54. The van der Waals surface area contributed by atoms with Gasteiger partial charge in [-0.05, 0) is 54.8 Å². The maximum absolute atomic E-state index is 13.4. The van der Waals surface area contributed by atoms with Crippen LogP contribution in [0.15, 0.2) is 66.2 Å². The van der Waals surface area contributed by atoms with Crippen molar-refractivity contribution >= 4 is 54.1 Å². The molecule has 1 N–H and O–H groups in total. The molecule has 0 aliphatic carbocycles. The number of ether oxygens (including phenoxy) is 2. The van der Waals surface area contributed by atoms with Crippen molar-refractivity contribution in [3.8, 4) is 16.9 Å². The van der Waals surface area contributed by atoms with Gasteiger partial charge in [0.15, 0.2) is 5.13 Å². The van der Waals surface area contributed by atoms with Crippen LogP contribution < -0.4 is 10.1 Å². The Hall–Kier alpha value is -3.37. The second kappa shape index (κ2) is 11.6. The first-order chi connectivity index (χ1) is 18.7. The number of unbranched alkanes of at least 4 members (excludes halogenated alkanes) is 1. The summed E-state index contributed by atoms with van der Waals surface area (Å²) >= 11 is 3.04. The molecular weight excluding hydrogens is 516 g/mol. The minimum atomic E-state index is -0.235. The third-order valence-electron chi connectivity index (χ3n) is 6.64. The molecule has 5 aromatic rings. The van der Waals surface area contributed by atoms with Crippen LogP contribution in [0.5, 0.6) is 5.75 Å². The van der Waals surface area contributed by atoms with Gasteiger partial charge in [-0.1, -0.05) is 47.7 Å². The van der Waals surface area contributed by atoms with Crippen molar-refractivity contribution in [2.75, 3.05) is 44.8 Å². The monoisotopic (exact) mass is 544 g/mol. The topological polar surface area (TPSA) is 76.6 Å². The average Bonchev–Trinajstić information content (AvgIpc) is 3.60. The first kappa shape index (κ1) is 24.9. The highest BCUT2D eigenvalue weighted by atomic mass is 32.1. The average molecular weight is 545 g/mol. The van der Waals surface area contributed by atoms with Crippen LogP contribution in [0.25, 0.3) is 31.6 Å². The Morgan fingerprint density at radius 3 is 2.76 bits per heavy atom. The highest BCUT2D eigenvalue weighted by Gasteiger charge is 2.18. The molecular formula is C29H28N4O3S2. The maximum atomic E-state index is 13.4. The number of rotatable bonds is 9. The summed E-state index contributed by atoms with van der Waals surface area (Å²) < 4.78 is 13.7. The molecule has 0 radical (unpaired) electrons. The molecule has 0 unspecified atom stereocenters. The van der Waals surface area contributed by atoms with Gasteiger partial charge in [-0.3, -0.25) is 15.0 Å². The number of aromatic nitrogens is 2. The fourth-order valence-electron chi connectivity index (χ4n) is 4.61. The lowest BCUT2D eigenvalue weighted by molar-refractivity contribution is 0.0368. The third-order valence-corrected chi connectivity index (χ3v) is 8.43. The lowest BCUT2D eigenvalue weighted by Crippen LogP contribution is -2.36. The maximum Gasteiger partial charge on any atom is 0.261 e. The number of anilines is 1. The lowest BCUT2D eigenvalue weighted by atomic mass is 10.0.